The molecule has 0 aromatic carbocycles. The molecule has 0 heterocycles. The lowest BCUT2D eigenvalue weighted by atomic mass is 9.97. The second-order valence-corrected chi connectivity index (χ2v) is 5.00. The van der Waals surface area contributed by atoms with Crippen LogP contribution < -0.4 is 0 Å². The van der Waals surface area contributed by atoms with Crippen molar-refractivity contribution in [3.63, 3.8) is 0 Å². The minimum absolute atomic E-state index is 0.0304. The molecule has 1 aliphatic carbocycles. The van der Waals surface area contributed by atoms with E-state index in [4.69, 9.17) is 9.47 Å². The van der Waals surface area contributed by atoms with Crippen molar-refractivity contribution in [1.82, 2.24) is 0 Å². The SMILES string of the molecule is CCCCC/C=C1/CCC[C@@H]1CC(OC)OC. The maximum absolute atomic E-state index is 5.30. The Morgan fingerprint density at radius 2 is 2.06 bits per heavy atom. The average molecular weight is 240 g/mol. The largest absolute Gasteiger partial charge is 0.356 e. The fraction of sp³-hybridized carbons (Fsp3) is 0.867. The minimum atomic E-state index is -0.0304. The van der Waals surface area contributed by atoms with Gasteiger partial charge in [0.25, 0.3) is 0 Å². The average Bonchev–Trinajstić information content (AvgIpc) is 2.79. The van der Waals surface area contributed by atoms with Crippen LogP contribution in [-0.2, 0) is 9.47 Å². The van der Waals surface area contributed by atoms with E-state index >= 15 is 0 Å². The summed E-state index contributed by atoms with van der Waals surface area (Å²) >= 11 is 0. The number of methoxy groups -OCH3 is 2. The lowest BCUT2D eigenvalue weighted by molar-refractivity contribution is -0.111. The lowest BCUT2D eigenvalue weighted by Gasteiger charge is -2.19. The van der Waals surface area contributed by atoms with E-state index in [2.05, 4.69) is 13.0 Å². The molecular formula is C15H28O2. The Bertz CT molecular complexity index is 219. The number of allylic oxidation sites excluding steroid dienone is 2. The molecule has 0 unspecified atom stereocenters. The summed E-state index contributed by atoms with van der Waals surface area (Å²) in [4.78, 5) is 0. The van der Waals surface area contributed by atoms with Crippen LogP contribution in [0.4, 0.5) is 0 Å². The summed E-state index contributed by atoms with van der Waals surface area (Å²) in [5.74, 6) is 0.696. The highest BCUT2D eigenvalue weighted by molar-refractivity contribution is 5.11. The quantitative estimate of drug-likeness (QED) is 0.358. The topological polar surface area (TPSA) is 18.5 Å². The normalized spacial score (nSPS) is 22.8. The second-order valence-electron chi connectivity index (χ2n) is 5.00. The van der Waals surface area contributed by atoms with E-state index in [1.165, 1.54) is 44.9 Å². The molecule has 1 aliphatic rings. The van der Waals surface area contributed by atoms with Crippen LogP contribution in [0.3, 0.4) is 0 Å². The summed E-state index contributed by atoms with van der Waals surface area (Å²) in [6, 6.07) is 0. The Morgan fingerprint density at radius 1 is 1.29 bits per heavy atom. The maximum atomic E-state index is 5.30. The van der Waals surface area contributed by atoms with Crippen molar-refractivity contribution in [3.05, 3.63) is 11.6 Å². The predicted octanol–water partition coefficient (Wildman–Crippen LogP) is 4.30. The zero-order chi connectivity index (χ0) is 12.5. The Hall–Kier alpha value is -0.340. The molecule has 0 N–H and O–H groups in total. The van der Waals surface area contributed by atoms with E-state index in [0.717, 1.165) is 6.42 Å². The van der Waals surface area contributed by atoms with Crippen molar-refractivity contribution in [3.8, 4) is 0 Å². The Kier molecular flexibility index (Phi) is 7.54. The molecule has 0 amide bonds. The van der Waals surface area contributed by atoms with Gasteiger partial charge in [0.1, 0.15) is 0 Å². The monoisotopic (exact) mass is 240 g/mol. The van der Waals surface area contributed by atoms with E-state index < -0.39 is 0 Å². The molecule has 0 aliphatic heterocycles. The van der Waals surface area contributed by atoms with Crippen LogP contribution in [0.5, 0.6) is 0 Å². The number of unbranched alkanes of at least 4 members (excludes halogenated alkanes) is 3. The van der Waals surface area contributed by atoms with E-state index in [0.29, 0.717) is 5.92 Å². The summed E-state index contributed by atoms with van der Waals surface area (Å²) in [7, 11) is 3.46. The van der Waals surface area contributed by atoms with Gasteiger partial charge in [-0.1, -0.05) is 31.4 Å². The van der Waals surface area contributed by atoms with Crippen molar-refractivity contribution in [2.45, 2.75) is 64.6 Å². The van der Waals surface area contributed by atoms with Gasteiger partial charge in [0.2, 0.25) is 0 Å². The molecule has 2 nitrogen and oxygen atoms in total. The third-order valence-electron chi connectivity index (χ3n) is 3.76. The van der Waals surface area contributed by atoms with Crippen LogP contribution in [0.1, 0.15) is 58.3 Å². The van der Waals surface area contributed by atoms with Gasteiger partial charge in [-0.3, -0.25) is 0 Å². The van der Waals surface area contributed by atoms with Gasteiger partial charge >= 0.3 is 0 Å². The van der Waals surface area contributed by atoms with Gasteiger partial charge in [-0.15, -0.1) is 0 Å². The van der Waals surface area contributed by atoms with Crippen molar-refractivity contribution in [2.24, 2.45) is 5.92 Å². The minimum Gasteiger partial charge on any atom is -0.356 e. The van der Waals surface area contributed by atoms with Gasteiger partial charge in [-0.25, -0.2) is 0 Å². The number of rotatable bonds is 8. The Labute approximate surface area is 106 Å². The molecule has 0 bridgehead atoms. The molecule has 2 heteroatoms. The van der Waals surface area contributed by atoms with Crippen molar-refractivity contribution < 1.29 is 9.47 Å². The fourth-order valence-electron chi connectivity index (χ4n) is 2.68. The molecule has 0 aromatic heterocycles. The number of ether oxygens (including phenoxy) is 2. The van der Waals surface area contributed by atoms with Crippen LogP contribution in [0.15, 0.2) is 11.6 Å². The third-order valence-corrected chi connectivity index (χ3v) is 3.76. The van der Waals surface area contributed by atoms with Crippen molar-refractivity contribution in [2.75, 3.05) is 14.2 Å². The van der Waals surface area contributed by atoms with Gasteiger partial charge in [-0.05, 0) is 38.0 Å². The molecule has 0 spiro atoms. The highest BCUT2D eigenvalue weighted by atomic mass is 16.7. The molecule has 1 saturated carbocycles. The summed E-state index contributed by atoms with van der Waals surface area (Å²) in [6.07, 6.45) is 12.7. The van der Waals surface area contributed by atoms with Crippen LogP contribution in [0, 0.1) is 5.92 Å². The molecule has 1 rings (SSSR count). The van der Waals surface area contributed by atoms with Crippen LogP contribution in [-0.4, -0.2) is 20.5 Å². The first-order chi connectivity index (χ1) is 8.31. The maximum Gasteiger partial charge on any atom is 0.157 e. The van der Waals surface area contributed by atoms with Gasteiger partial charge < -0.3 is 9.47 Å². The Balaban J connectivity index is 2.37. The molecule has 100 valence electrons. The van der Waals surface area contributed by atoms with Crippen LogP contribution in [0.2, 0.25) is 0 Å². The molecule has 0 aromatic rings. The summed E-state index contributed by atoms with van der Waals surface area (Å²) in [6.45, 7) is 2.26. The molecule has 0 saturated heterocycles. The van der Waals surface area contributed by atoms with Crippen LogP contribution in [0.25, 0.3) is 0 Å². The summed E-state index contributed by atoms with van der Waals surface area (Å²) < 4.78 is 10.6. The van der Waals surface area contributed by atoms with E-state index in [1.54, 1.807) is 19.8 Å². The molecule has 17 heavy (non-hydrogen) atoms. The zero-order valence-electron chi connectivity index (χ0n) is 11.7. The molecule has 1 fully saturated rings. The highest BCUT2D eigenvalue weighted by Crippen LogP contribution is 2.35. The van der Waals surface area contributed by atoms with Crippen molar-refractivity contribution in [1.29, 1.82) is 0 Å². The number of hydrogen-bond donors (Lipinski definition) is 0. The van der Waals surface area contributed by atoms with Crippen molar-refractivity contribution >= 4 is 0 Å². The highest BCUT2D eigenvalue weighted by Gasteiger charge is 2.23. The molecule has 1 atom stereocenters. The first kappa shape index (κ1) is 14.7. The van der Waals surface area contributed by atoms with Gasteiger partial charge in [0.05, 0.1) is 0 Å². The lowest BCUT2D eigenvalue weighted by Crippen LogP contribution is -2.17. The van der Waals surface area contributed by atoms with Crippen LogP contribution >= 0.6 is 0 Å². The van der Waals surface area contributed by atoms with Gasteiger partial charge in [0.15, 0.2) is 6.29 Å². The molecular weight excluding hydrogens is 212 g/mol. The van der Waals surface area contributed by atoms with E-state index in [1.807, 2.05) is 0 Å². The van der Waals surface area contributed by atoms with E-state index in [-0.39, 0.29) is 6.29 Å². The Morgan fingerprint density at radius 3 is 2.71 bits per heavy atom. The van der Waals surface area contributed by atoms with E-state index in [9.17, 15) is 0 Å². The standard InChI is InChI=1S/C15H28O2/c1-4-5-6-7-9-13-10-8-11-14(13)12-15(16-2)17-3/h9,14-15H,4-8,10-12H2,1-3H3/b13-9-/t14-/m1/s1. The predicted molar refractivity (Wildman–Crippen MR) is 72.0 cm³/mol. The van der Waals surface area contributed by atoms with Gasteiger partial charge in [0, 0.05) is 20.6 Å². The number of hydrogen-bond acceptors (Lipinski definition) is 2. The fourth-order valence-corrected chi connectivity index (χ4v) is 2.68. The molecule has 0 radical (unpaired) electrons. The zero-order valence-corrected chi connectivity index (χ0v) is 11.7. The first-order valence-corrected chi connectivity index (χ1v) is 7.06. The van der Waals surface area contributed by atoms with Gasteiger partial charge in [-0.2, -0.15) is 0 Å². The first-order valence-electron chi connectivity index (χ1n) is 7.06. The summed E-state index contributed by atoms with van der Waals surface area (Å²) in [5.41, 5.74) is 1.65. The second kappa shape index (κ2) is 8.71. The third kappa shape index (κ3) is 5.22. The summed E-state index contributed by atoms with van der Waals surface area (Å²) in [5, 5.41) is 0. The smallest absolute Gasteiger partial charge is 0.157 e.